The minimum absolute atomic E-state index is 0.0947. The quantitative estimate of drug-likeness (QED) is 0.772. The van der Waals surface area contributed by atoms with Gasteiger partial charge >= 0.3 is 5.97 Å². The van der Waals surface area contributed by atoms with E-state index < -0.39 is 12.0 Å². The van der Waals surface area contributed by atoms with E-state index >= 15 is 0 Å². The first kappa shape index (κ1) is 19.5. The Morgan fingerprint density at radius 3 is 2.15 bits per heavy atom. The molecule has 0 fully saturated rings. The largest absolute Gasteiger partial charge is 0.497 e. The van der Waals surface area contributed by atoms with Crippen molar-refractivity contribution in [2.24, 2.45) is 5.92 Å². The third-order valence-corrected chi connectivity index (χ3v) is 4.06. The Morgan fingerprint density at radius 1 is 1.00 bits per heavy atom. The smallest absolute Gasteiger partial charge is 0.329 e. The molecule has 2 aromatic rings. The number of benzene rings is 2. The van der Waals surface area contributed by atoms with Gasteiger partial charge in [0.2, 0.25) is 0 Å². The first-order valence-corrected chi connectivity index (χ1v) is 8.58. The molecular formula is C21H25NO4. The van der Waals surface area contributed by atoms with Crippen LogP contribution in [-0.4, -0.2) is 25.0 Å². The highest BCUT2D eigenvalue weighted by Gasteiger charge is 2.26. The molecule has 138 valence electrons. The molecule has 0 aliphatic heterocycles. The number of methoxy groups -OCH3 is 1. The molecule has 1 atom stereocenters. The van der Waals surface area contributed by atoms with Crippen LogP contribution in [0.15, 0.2) is 48.5 Å². The summed E-state index contributed by atoms with van der Waals surface area (Å²) in [6.07, 6.45) is 0. The van der Waals surface area contributed by atoms with Crippen LogP contribution in [0.3, 0.4) is 0 Å². The van der Waals surface area contributed by atoms with E-state index in [-0.39, 0.29) is 18.4 Å². The van der Waals surface area contributed by atoms with Crippen molar-refractivity contribution in [1.82, 2.24) is 5.32 Å². The third-order valence-electron chi connectivity index (χ3n) is 4.06. The maximum absolute atomic E-state index is 12.4. The van der Waals surface area contributed by atoms with Crippen LogP contribution in [0.1, 0.15) is 35.3 Å². The van der Waals surface area contributed by atoms with Crippen LogP contribution in [0.5, 0.6) is 5.75 Å². The normalized spacial score (nSPS) is 11.7. The predicted octanol–water partition coefficient (Wildman–Crippen LogP) is 3.50. The van der Waals surface area contributed by atoms with Crippen LogP contribution >= 0.6 is 0 Å². The minimum atomic E-state index is -0.713. The van der Waals surface area contributed by atoms with Crippen LogP contribution < -0.4 is 10.1 Å². The van der Waals surface area contributed by atoms with Crippen LogP contribution in [0.2, 0.25) is 0 Å². The molecule has 1 amide bonds. The van der Waals surface area contributed by atoms with Crippen molar-refractivity contribution in [3.63, 3.8) is 0 Å². The molecule has 2 aromatic carbocycles. The molecule has 5 heteroatoms. The summed E-state index contributed by atoms with van der Waals surface area (Å²) in [6.45, 7) is 5.91. The molecule has 0 saturated carbocycles. The van der Waals surface area contributed by atoms with Gasteiger partial charge < -0.3 is 14.8 Å². The van der Waals surface area contributed by atoms with E-state index in [4.69, 9.17) is 9.47 Å². The molecule has 0 bridgehead atoms. The second-order valence-electron chi connectivity index (χ2n) is 6.52. The standard InChI is InChI=1S/C21H25NO4/c1-14(2)19(21(24)26-13-16-7-5-15(3)6-8-16)22-20(23)17-9-11-18(25-4)12-10-17/h5-12,14,19H,13H2,1-4H3,(H,22,23)/t19-/m0/s1. The summed E-state index contributed by atoms with van der Waals surface area (Å²) in [4.78, 5) is 24.9. The number of nitrogens with one attached hydrogen (secondary N) is 1. The van der Waals surface area contributed by atoms with Gasteiger partial charge in [-0.2, -0.15) is 0 Å². The van der Waals surface area contributed by atoms with Crippen molar-refractivity contribution >= 4 is 11.9 Å². The number of esters is 1. The summed E-state index contributed by atoms with van der Waals surface area (Å²) in [5.74, 6) is -0.191. The van der Waals surface area contributed by atoms with Crippen LogP contribution in [0.4, 0.5) is 0 Å². The lowest BCUT2D eigenvalue weighted by atomic mass is 10.0. The van der Waals surface area contributed by atoms with E-state index in [2.05, 4.69) is 5.32 Å². The van der Waals surface area contributed by atoms with Gasteiger partial charge in [-0.25, -0.2) is 4.79 Å². The zero-order valence-electron chi connectivity index (χ0n) is 15.6. The van der Waals surface area contributed by atoms with E-state index in [1.54, 1.807) is 31.4 Å². The first-order chi connectivity index (χ1) is 12.4. The predicted molar refractivity (Wildman–Crippen MR) is 100 cm³/mol. The van der Waals surface area contributed by atoms with E-state index in [9.17, 15) is 9.59 Å². The zero-order chi connectivity index (χ0) is 19.1. The van der Waals surface area contributed by atoms with Crippen molar-refractivity contribution in [3.8, 4) is 5.75 Å². The van der Waals surface area contributed by atoms with Crippen molar-refractivity contribution in [3.05, 3.63) is 65.2 Å². The van der Waals surface area contributed by atoms with Gasteiger partial charge in [-0.3, -0.25) is 4.79 Å². The number of hydrogen-bond acceptors (Lipinski definition) is 4. The number of ether oxygens (including phenoxy) is 2. The van der Waals surface area contributed by atoms with E-state index in [0.717, 1.165) is 11.1 Å². The second-order valence-corrected chi connectivity index (χ2v) is 6.52. The summed E-state index contributed by atoms with van der Waals surface area (Å²) in [7, 11) is 1.56. The van der Waals surface area contributed by atoms with Gasteiger partial charge in [0, 0.05) is 5.56 Å². The number of carbonyl (C=O) groups is 2. The van der Waals surface area contributed by atoms with Gasteiger partial charge in [-0.05, 0) is 42.7 Å². The van der Waals surface area contributed by atoms with E-state index in [1.807, 2.05) is 45.0 Å². The summed E-state index contributed by atoms with van der Waals surface area (Å²) < 4.78 is 10.5. The Bertz CT molecular complexity index is 736. The topological polar surface area (TPSA) is 64.6 Å². The average Bonchev–Trinajstić information content (AvgIpc) is 2.65. The van der Waals surface area contributed by atoms with Crippen molar-refractivity contribution in [1.29, 1.82) is 0 Å². The minimum Gasteiger partial charge on any atom is -0.497 e. The SMILES string of the molecule is COc1ccc(C(=O)N[C@H](C(=O)OCc2ccc(C)cc2)C(C)C)cc1. The molecule has 0 saturated heterocycles. The highest BCUT2D eigenvalue weighted by Crippen LogP contribution is 2.13. The Morgan fingerprint density at radius 2 is 1.62 bits per heavy atom. The lowest BCUT2D eigenvalue weighted by Crippen LogP contribution is -2.45. The van der Waals surface area contributed by atoms with Crippen LogP contribution in [-0.2, 0) is 16.1 Å². The molecule has 0 aliphatic carbocycles. The lowest BCUT2D eigenvalue weighted by Gasteiger charge is -2.21. The number of aryl methyl sites for hydroxylation is 1. The Kier molecular flexibility index (Phi) is 6.78. The second kappa shape index (κ2) is 9.04. The highest BCUT2D eigenvalue weighted by atomic mass is 16.5. The average molecular weight is 355 g/mol. The highest BCUT2D eigenvalue weighted by molar-refractivity contribution is 5.96. The van der Waals surface area contributed by atoms with Crippen molar-refractivity contribution in [2.75, 3.05) is 7.11 Å². The van der Waals surface area contributed by atoms with Gasteiger partial charge in [0.05, 0.1) is 7.11 Å². The number of amides is 1. The van der Waals surface area contributed by atoms with Gasteiger partial charge in [0.1, 0.15) is 18.4 Å². The zero-order valence-corrected chi connectivity index (χ0v) is 15.6. The Balaban J connectivity index is 1.98. The molecular weight excluding hydrogens is 330 g/mol. The van der Waals surface area contributed by atoms with Crippen LogP contribution in [0.25, 0.3) is 0 Å². The van der Waals surface area contributed by atoms with Gasteiger partial charge in [-0.15, -0.1) is 0 Å². The Hall–Kier alpha value is -2.82. The number of rotatable bonds is 7. The summed E-state index contributed by atoms with van der Waals surface area (Å²) in [6, 6.07) is 13.8. The van der Waals surface area contributed by atoms with E-state index in [1.165, 1.54) is 0 Å². The van der Waals surface area contributed by atoms with Crippen molar-refractivity contribution in [2.45, 2.75) is 33.4 Å². The molecule has 0 aliphatic rings. The molecule has 5 nitrogen and oxygen atoms in total. The first-order valence-electron chi connectivity index (χ1n) is 8.58. The fraction of sp³-hybridized carbons (Fsp3) is 0.333. The molecule has 0 aromatic heterocycles. The Labute approximate surface area is 154 Å². The summed E-state index contributed by atoms with van der Waals surface area (Å²) >= 11 is 0. The molecule has 0 heterocycles. The van der Waals surface area contributed by atoms with E-state index in [0.29, 0.717) is 11.3 Å². The maximum Gasteiger partial charge on any atom is 0.329 e. The fourth-order valence-corrected chi connectivity index (χ4v) is 2.39. The molecule has 1 N–H and O–H groups in total. The van der Waals surface area contributed by atoms with Gasteiger partial charge in [0.15, 0.2) is 0 Å². The van der Waals surface area contributed by atoms with Gasteiger partial charge in [-0.1, -0.05) is 43.7 Å². The summed E-state index contributed by atoms with van der Waals surface area (Å²) in [5.41, 5.74) is 2.52. The third kappa shape index (κ3) is 5.34. The summed E-state index contributed by atoms with van der Waals surface area (Å²) in [5, 5.41) is 2.76. The number of hydrogen-bond donors (Lipinski definition) is 1. The molecule has 26 heavy (non-hydrogen) atoms. The molecule has 2 rings (SSSR count). The molecule has 0 radical (unpaired) electrons. The molecule has 0 spiro atoms. The van der Waals surface area contributed by atoms with Crippen LogP contribution in [0, 0.1) is 12.8 Å². The lowest BCUT2D eigenvalue weighted by molar-refractivity contribution is -0.148. The monoisotopic (exact) mass is 355 g/mol. The fourth-order valence-electron chi connectivity index (χ4n) is 2.39. The number of carbonyl (C=O) groups excluding carboxylic acids is 2. The maximum atomic E-state index is 12.4. The molecule has 0 unspecified atom stereocenters. The van der Waals surface area contributed by atoms with Gasteiger partial charge in [0.25, 0.3) is 5.91 Å². The van der Waals surface area contributed by atoms with Crippen molar-refractivity contribution < 1.29 is 19.1 Å².